The van der Waals surface area contributed by atoms with Crippen LogP contribution in [0.5, 0.6) is 0 Å². The van der Waals surface area contributed by atoms with Crippen LogP contribution in [0.3, 0.4) is 0 Å². The number of fused-ring (bicyclic) bond motifs is 3. The number of nitrogens with zero attached hydrogens (tertiary/aromatic N) is 2. The molecule has 1 amide bonds. The van der Waals surface area contributed by atoms with Crippen LogP contribution >= 0.6 is 12.4 Å². The molecule has 2 heterocycles. The van der Waals surface area contributed by atoms with Crippen molar-refractivity contribution in [2.75, 3.05) is 18.0 Å². The molecule has 1 fully saturated rings. The summed E-state index contributed by atoms with van der Waals surface area (Å²) >= 11 is 0. The van der Waals surface area contributed by atoms with Gasteiger partial charge in [0.05, 0.1) is 0 Å². The Balaban J connectivity index is 0.00000192. The number of nitrogens with one attached hydrogen (secondary N) is 1. The van der Waals surface area contributed by atoms with Crippen LogP contribution in [0, 0.1) is 5.41 Å². The predicted molar refractivity (Wildman–Crippen MR) is 115 cm³/mol. The van der Waals surface area contributed by atoms with Gasteiger partial charge in [0, 0.05) is 36.7 Å². The van der Waals surface area contributed by atoms with E-state index in [0.29, 0.717) is 5.41 Å². The minimum absolute atomic E-state index is 0. The van der Waals surface area contributed by atoms with Crippen molar-refractivity contribution in [2.24, 2.45) is 10.4 Å². The van der Waals surface area contributed by atoms with Crippen molar-refractivity contribution < 1.29 is 4.79 Å². The van der Waals surface area contributed by atoms with Gasteiger partial charge in [-0.3, -0.25) is 9.79 Å². The molecule has 1 atom stereocenters. The summed E-state index contributed by atoms with van der Waals surface area (Å²) in [7, 11) is 0. The van der Waals surface area contributed by atoms with E-state index in [0.717, 1.165) is 30.1 Å². The summed E-state index contributed by atoms with van der Waals surface area (Å²) in [6.07, 6.45) is 5.10. The summed E-state index contributed by atoms with van der Waals surface area (Å²) in [5.74, 6) is 0.932. The molecule has 1 aliphatic carbocycles. The molecule has 2 aromatic carbocycles. The Bertz CT molecular complexity index is 920. The molecule has 1 spiro atoms. The fourth-order valence-corrected chi connectivity index (χ4v) is 5.33. The van der Waals surface area contributed by atoms with Crippen LogP contribution in [-0.2, 0) is 10.3 Å². The number of amidine groups is 1. The zero-order valence-corrected chi connectivity index (χ0v) is 17.0. The molecule has 4 nitrogen and oxygen atoms in total. The molecule has 0 saturated heterocycles. The summed E-state index contributed by atoms with van der Waals surface area (Å²) in [5, 5.41) is 3.29. The molecule has 1 unspecified atom stereocenters. The van der Waals surface area contributed by atoms with E-state index in [9.17, 15) is 4.79 Å². The van der Waals surface area contributed by atoms with Gasteiger partial charge in [-0.1, -0.05) is 61.4 Å². The number of hydrogen-bond acceptors (Lipinski definition) is 3. The summed E-state index contributed by atoms with van der Waals surface area (Å²) in [4.78, 5) is 19.9. The van der Waals surface area contributed by atoms with Gasteiger partial charge in [0.15, 0.2) is 5.54 Å². The number of aliphatic imine (C=N–C) groups is 1. The molecule has 1 saturated carbocycles. The third-order valence-corrected chi connectivity index (χ3v) is 6.48. The second kappa shape index (κ2) is 6.93. The number of benzene rings is 2. The lowest BCUT2D eigenvalue weighted by Crippen LogP contribution is -2.57. The van der Waals surface area contributed by atoms with Crippen molar-refractivity contribution in [1.82, 2.24) is 5.32 Å². The van der Waals surface area contributed by atoms with Crippen molar-refractivity contribution in [2.45, 2.75) is 38.1 Å². The Morgan fingerprint density at radius 2 is 1.71 bits per heavy atom. The number of anilines is 1. The van der Waals surface area contributed by atoms with Crippen molar-refractivity contribution in [1.29, 1.82) is 0 Å². The van der Waals surface area contributed by atoms with Crippen LogP contribution in [0.1, 0.15) is 43.7 Å². The van der Waals surface area contributed by atoms with Gasteiger partial charge >= 0.3 is 0 Å². The first-order chi connectivity index (χ1) is 13.1. The highest BCUT2D eigenvalue weighted by atomic mass is 35.5. The maximum Gasteiger partial charge on any atom is 0.218 e. The van der Waals surface area contributed by atoms with E-state index < -0.39 is 5.54 Å². The Morgan fingerprint density at radius 1 is 1.04 bits per heavy atom. The smallest absolute Gasteiger partial charge is 0.218 e. The molecular weight excluding hydrogens is 370 g/mol. The van der Waals surface area contributed by atoms with E-state index in [-0.39, 0.29) is 18.3 Å². The molecule has 0 aromatic heterocycles. The predicted octanol–water partition coefficient (Wildman–Crippen LogP) is 4.28. The third-order valence-electron chi connectivity index (χ3n) is 6.48. The van der Waals surface area contributed by atoms with Crippen LogP contribution in [0.15, 0.2) is 59.6 Å². The van der Waals surface area contributed by atoms with E-state index in [1.54, 1.807) is 6.92 Å². The molecule has 3 aliphatic rings. The monoisotopic (exact) mass is 395 g/mol. The number of hydrogen-bond donors (Lipinski definition) is 1. The van der Waals surface area contributed by atoms with E-state index in [4.69, 9.17) is 4.99 Å². The van der Waals surface area contributed by atoms with E-state index >= 15 is 0 Å². The Labute approximate surface area is 172 Å². The van der Waals surface area contributed by atoms with Gasteiger partial charge in [0.25, 0.3) is 0 Å². The lowest BCUT2D eigenvalue weighted by molar-refractivity contribution is -0.119. The highest BCUT2D eigenvalue weighted by molar-refractivity contribution is 6.15. The van der Waals surface area contributed by atoms with Crippen LogP contribution in [0.4, 0.5) is 5.69 Å². The maximum atomic E-state index is 12.3. The van der Waals surface area contributed by atoms with Crippen molar-refractivity contribution in [3.8, 4) is 0 Å². The topological polar surface area (TPSA) is 44.7 Å². The highest BCUT2D eigenvalue weighted by Gasteiger charge is 2.54. The second-order valence-electron chi connectivity index (χ2n) is 8.25. The number of halogens is 1. The minimum Gasteiger partial charge on any atom is -0.336 e. The van der Waals surface area contributed by atoms with Crippen LogP contribution in [-0.4, -0.2) is 24.8 Å². The average Bonchev–Trinajstić information content (AvgIpc) is 3.24. The number of para-hydroxylation sites is 1. The van der Waals surface area contributed by atoms with Crippen molar-refractivity contribution in [3.05, 3.63) is 65.7 Å². The number of carbonyl (C=O) groups excluding carboxylic acids is 1. The summed E-state index contributed by atoms with van der Waals surface area (Å²) in [5.41, 5.74) is 2.96. The summed E-state index contributed by atoms with van der Waals surface area (Å²) < 4.78 is 0. The molecule has 0 bridgehead atoms. The van der Waals surface area contributed by atoms with E-state index in [1.165, 1.54) is 31.4 Å². The lowest BCUT2D eigenvalue weighted by atomic mass is 9.81. The van der Waals surface area contributed by atoms with Gasteiger partial charge < -0.3 is 10.2 Å². The molecule has 0 radical (unpaired) electrons. The normalized spacial score (nSPS) is 24.2. The SMILES string of the molecule is CC(=O)NC1(c2ccccc2)C2=NCC3(CCCC3)CN2c2ccccc21.Cl. The first-order valence-electron chi connectivity index (χ1n) is 9.91. The molecule has 2 aromatic rings. The molecule has 5 heteroatoms. The standard InChI is InChI=1S/C23H25N3O.ClH/c1-17(27)25-23(18-9-3-2-4-10-18)19-11-5-6-12-20(19)26-16-22(13-7-8-14-22)15-24-21(23)26;/h2-6,9-12H,7-8,13-16H2,1H3,(H,25,27);1H. The van der Waals surface area contributed by atoms with Gasteiger partial charge in [0.2, 0.25) is 5.91 Å². The van der Waals surface area contributed by atoms with E-state index in [1.807, 2.05) is 18.2 Å². The van der Waals surface area contributed by atoms with Gasteiger partial charge in [0.1, 0.15) is 5.84 Å². The fourth-order valence-electron chi connectivity index (χ4n) is 5.33. The van der Waals surface area contributed by atoms with Gasteiger partial charge in [-0.2, -0.15) is 0 Å². The first-order valence-corrected chi connectivity index (χ1v) is 9.91. The maximum absolute atomic E-state index is 12.3. The summed E-state index contributed by atoms with van der Waals surface area (Å²) in [6, 6.07) is 18.7. The zero-order valence-electron chi connectivity index (χ0n) is 16.1. The van der Waals surface area contributed by atoms with Crippen LogP contribution < -0.4 is 10.2 Å². The molecule has 1 N–H and O–H groups in total. The van der Waals surface area contributed by atoms with Crippen LogP contribution in [0.25, 0.3) is 0 Å². The highest BCUT2D eigenvalue weighted by Crippen LogP contribution is 2.50. The Hall–Kier alpha value is -2.33. The average molecular weight is 396 g/mol. The quantitative estimate of drug-likeness (QED) is 0.824. The van der Waals surface area contributed by atoms with Crippen molar-refractivity contribution in [3.63, 3.8) is 0 Å². The lowest BCUT2D eigenvalue weighted by Gasteiger charge is -2.41. The molecule has 146 valence electrons. The summed E-state index contributed by atoms with van der Waals surface area (Å²) in [6.45, 7) is 3.45. The molecule has 28 heavy (non-hydrogen) atoms. The van der Waals surface area contributed by atoms with Gasteiger partial charge in [-0.05, 0) is 24.5 Å². The Morgan fingerprint density at radius 3 is 2.43 bits per heavy atom. The van der Waals surface area contributed by atoms with Gasteiger partial charge in [-0.25, -0.2) is 0 Å². The largest absolute Gasteiger partial charge is 0.336 e. The van der Waals surface area contributed by atoms with Crippen molar-refractivity contribution >= 4 is 29.8 Å². The minimum atomic E-state index is -0.704. The number of rotatable bonds is 2. The zero-order chi connectivity index (χ0) is 18.5. The number of amides is 1. The van der Waals surface area contributed by atoms with E-state index in [2.05, 4.69) is 46.6 Å². The Kier molecular flexibility index (Phi) is 4.70. The number of carbonyl (C=O) groups is 1. The van der Waals surface area contributed by atoms with Gasteiger partial charge in [-0.15, -0.1) is 12.4 Å². The first kappa shape index (κ1) is 19.0. The molecule has 2 aliphatic heterocycles. The molecular formula is C23H26ClN3O. The fraction of sp³-hybridized carbons (Fsp3) is 0.391. The third kappa shape index (κ3) is 2.66. The van der Waals surface area contributed by atoms with Crippen LogP contribution in [0.2, 0.25) is 0 Å². The second-order valence-corrected chi connectivity index (χ2v) is 8.25. The molecule has 5 rings (SSSR count).